The average molecular weight is 367 g/mol. The molecule has 27 heavy (non-hydrogen) atoms. The molecule has 2 rings (SSSR count). The summed E-state index contributed by atoms with van der Waals surface area (Å²) in [6.07, 6.45) is 8.30. The fraction of sp³-hybridized carbons (Fsp3) is 0.333. The van der Waals surface area contributed by atoms with Gasteiger partial charge in [-0.25, -0.2) is 0 Å². The maximum absolute atomic E-state index is 10.3. The first-order valence-corrected chi connectivity index (χ1v) is 9.45. The van der Waals surface area contributed by atoms with E-state index in [1.54, 1.807) is 24.3 Å². The van der Waals surface area contributed by atoms with Gasteiger partial charge in [-0.15, -0.1) is 0 Å². The lowest BCUT2D eigenvalue weighted by atomic mass is 9.99. The lowest BCUT2D eigenvalue weighted by Crippen LogP contribution is -1.94. The van der Waals surface area contributed by atoms with E-state index in [1.807, 2.05) is 12.1 Å². The number of phenolic OH excluding ortho intramolecular Hbond substituents is 3. The van der Waals surface area contributed by atoms with Crippen molar-refractivity contribution < 1.29 is 15.3 Å². The molecule has 0 saturated carbocycles. The Kier molecular flexibility index (Phi) is 7.54. The monoisotopic (exact) mass is 366 g/mol. The third-order valence-corrected chi connectivity index (χ3v) is 4.65. The van der Waals surface area contributed by atoms with Gasteiger partial charge in [-0.1, -0.05) is 35.4 Å². The summed E-state index contributed by atoms with van der Waals surface area (Å²) >= 11 is 0. The number of rotatable bonds is 8. The molecule has 0 amide bonds. The Morgan fingerprint density at radius 2 is 1.41 bits per heavy atom. The largest absolute Gasteiger partial charge is 0.508 e. The van der Waals surface area contributed by atoms with E-state index in [0.717, 1.165) is 30.4 Å². The second-order valence-corrected chi connectivity index (χ2v) is 7.35. The van der Waals surface area contributed by atoms with Gasteiger partial charge >= 0.3 is 0 Å². The van der Waals surface area contributed by atoms with Gasteiger partial charge in [-0.05, 0) is 88.3 Å². The smallest absolute Gasteiger partial charge is 0.123 e. The van der Waals surface area contributed by atoms with Crippen molar-refractivity contribution in [3.05, 3.63) is 76.4 Å². The minimum atomic E-state index is 0.143. The molecule has 2 aromatic carbocycles. The molecule has 0 spiro atoms. The maximum Gasteiger partial charge on any atom is 0.123 e. The summed E-state index contributed by atoms with van der Waals surface area (Å²) in [5.41, 5.74) is 5.14. The fourth-order valence-corrected chi connectivity index (χ4v) is 2.97. The predicted molar refractivity (Wildman–Crippen MR) is 111 cm³/mol. The van der Waals surface area contributed by atoms with Gasteiger partial charge < -0.3 is 15.3 Å². The van der Waals surface area contributed by atoms with E-state index in [4.69, 9.17) is 0 Å². The Morgan fingerprint density at radius 1 is 0.815 bits per heavy atom. The number of aromatic hydroxyl groups is 3. The predicted octanol–water partition coefficient (Wildman–Crippen LogP) is 5.82. The fourth-order valence-electron chi connectivity index (χ4n) is 2.97. The van der Waals surface area contributed by atoms with Crippen LogP contribution in [0.2, 0.25) is 0 Å². The van der Waals surface area contributed by atoms with Crippen LogP contribution in [0, 0.1) is 0 Å². The molecule has 0 aliphatic heterocycles. The second kappa shape index (κ2) is 9.86. The van der Waals surface area contributed by atoms with Gasteiger partial charge in [0.25, 0.3) is 0 Å². The minimum absolute atomic E-state index is 0.143. The quantitative estimate of drug-likeness (QED) is 0.516. The zero-order chi connectivity index (χ0) is 19.8. The van der Waals surface area contributed by atoms with Crippen LogP contribution in [0.15, 0.2) is 59.7 Å². The Bertz CT molecular complexity index is 787. The van der Waals surface area contributed by atoms with Crippen molar-refractivity contribution in [1.82, 2.24) is 0 Å². The summed E-state index contributed by atoms with van der Waals surface area (Å²) in [5.74, 6) is 0.538. The summed E-state index contributed by atoms with van der Waals surface area (Å²) < 4.78 is 0. The van der Waals surface area contributed by atoms with E-state index in [-0.39, 0.29) is 17.2 Å². The molecule has 2 aromatic rings. The normalized spacial score (nSPS) is 11.4. The lowest BCUT2D eigenvalue weighted by Gasteiger charge is -2.10. The van der Waals surface area contributed by atoms with E-state index in [0.29, 0.717) is 18.4 Å². The summed E-state index contributed by atoms with van der Waals surface area (Å²) in [6, 6.07) is 10.6. The number of phenols is 3. The first-order chi connectivity index (χ1) is 12.8. The number of hydrogen-bond donors (Lipinski definition) is 3. The molecule has 0 unspecified atom stereocenters. The topological polar surface area (TPSA) is 60.7 Å². The molecule has 0 bridgehead atoms. The summed E-state index contributed by atoms with van der Waals surface area (Å²) in [7, 11) is 0. The zero-order valence-corrected chi connectivity index (χ0v) is 16.5. The summed E-state index contributed by atoms with van der Waals surface area (Å²) in [6.45, 7) is 6.27. The number of hydrogen-bond acceptors (Lipinski definition) is 3. The maximum atomic E-state index is 10.3. The van der Waals surface area contributed by atoms with Crippen molar-refractivity contribution in [3.63, 3.8) is 0 Å². The third kappa shape index (κ3) is 6.86. The molecule has 3 N–H and O–H groups in total. The van der Waals surface area contributed by atoms with E-state index < -0.39 is 0 Å². The van der Waals surface area contributed by atoms with Gasteiger partial charge in [0.15, 0.2) is 0 Å². The van der Waals surface area contributed by atoms with Crippen LogP contribution in [0.4, 0.5) is 0 Å². The van der Waals surface area contributed by atoms with E-state index in [1.165, 1.54) is 11.1 Å². The Morgan fingerprint density at radius 3 is 2.00 bits per heavy atom. The second-order valence-electron chi connectivity index (χ2n) is 7.35. The number of aryl methyl sites for hydroxylation is 2. The van der Waals surface area contributed by atoms with Gasteiger partial charge in [0.05, 0.1) is 0 Å². The highest BCUT2D eigenvalue weighted by Gasteiger charge is 2.09. The molecule has 0 radical (unpaired) electrons. The highest BCUT2D eigenvalue weighted by molar-refractivity contribution is 5.48. The zero-order valence-electron chi connectivity index (χ0n) is 16.5. The van der Waals surface area contributed by atoms with Crippen molar-refractivity contribution in [2.75, 3.05) is 0 Å². The molecule has 0 fully saturated rings. The molecule has 0 aliphatic rings. The SMILES string of the molecule is CC(C)=CCCC(C)=CCc1c(O)cc(CCc2ccc(O)cc2)cc1O. The van der Waals surface area contributed by atoms with Crippen molar-refractivity contribution in [3.8, 4) is 17.2 Å². The number of benzene rings is 2. The Hall–Kier alpha value is -2.68. The van der Waals surface area contributed by atoms with Crippen LogP contribution in [0.5, 0.6) is 17.2 Å². The van der Waals surface area contributed by atoms with Gasteiger partial charge in [0, 0.05) is 5.56 Å². The van der Waals surface area contributed by atoms with Crippen LogP contribution in [0.1, 0.15) is 50.3 Å². The summed E-state index contributed by atoms with van der Waals surface area (Å²) in [4.78, 5) is 0. The third-order valence-electron chi connectivity index (χ3n) is 4.65. The highest BCUT2D eigenvalue weighted by Crippen LogP contribution is 2.30. The van der Waals surface area contributed by atoms with Crippen LogP contribution in [0.25, 0.3) is 0 Å². The molecule has 0 saturated heterocycles. The van der Waals surface area contributed by atoms with E-state index in [2.05, 4.69) is 32.9 Å². The van der Waals surface area contributed by atoms with Crippen LogP contribution in [0.3, 0.4) is 0 Å². The van der Waals surface area contributed by atoms with Crippen LogP contribution < -0.4 is 0 Å². The first-order valence-electron chi connectivity index (χ1n) is 9.45. The van der Waals surface area contributed by atoms with Gasteiger partial charge in [-0.3, -0.25) is 0 Å². The highest BCUT2D eigenvalue weighted by atomic mass is 16.3. The molecular weight excluding hydrogens is 336 g/mol. The van der Waals surface area contributed by atoms with Gasteiger partial charge in [0.2, 0.25) is 0 Å². The molecule has 0 aromatic heterocycles. The van der Waals surface area contributed by atoms with E-state index >= 15 is 0 Å². The molecule has 0 atom stereocenters. The first kappa shape index (κ1) is 20.6. The average Bonchev–Trinajstić information content (AvgIpc) is 2.60. The molecule has 3 heteroatoms. The van der Waals surface area contributed by atoms with Gasteiger partial charge in [-0.2, -0.15) is 0 Å². The lowest BCUT2D eigenvalue weighted by molar-refractivity contribution is 0.439. The number of allylic oxidation sites excluding steroid dienone is 4. The van der Waals surface area contributed by atoms with Crippen LogP contribution >= 0.6 is 0 Å². The molecular formula is C24H30O3. The Labute approximate surface area is 162 Å². The van der Waals surface area contributed by atoms with Crippen LogP contribution in [-0.2, 0) is 19.3 Å². The van der Waals surface area contributed by atoms with Crippen molar-refractivity contribution in [2.45, 2.75) is 52.9 Å². The summed E-state index contributed by atoms with van der Waals surface area (Å²) in [5, 5.41) is 30.0. The van der Waals surface area contributed by atoms with Crippen molar-refractivity contribution in [1.29, 1.82) is 0 Å². The molecule has 3 nitrogen and oxygen atoms in total. The molecule has 0 aliphatic carbocycles. The molecule has 144 valence electrons. The molecule has 0 heterocycles. The van der Waals surface area contributed by atoms with Gasteiger partial charge in [0.1, 0.15) is 17.2 Å². The standard InChI is InChI=1S/C24H30O3/c1-17(2)5-4-6-18(3)7-14-22-23(26)15-20(16-24(22)27)9-8-19-10-12-21(25)13-11-19/h5,7,10-13,15-16,25-27H,4,6,8-9,14H2,1-3H3. The Balaban J connectivity index is 1.99. The van der Waals surface area contributed by atoms with Crippen molar-refractivity contribution in [2.24, 2.45) is 0 Å². The van der Waals surface area contributed by atoms with Crippen molar-refractivity contribution >= 4 is 0 Å². The minimum Gasteiger partial charge on any atom is -0.508 e. The van der Waals surface area contributed by atoms with Crippen LogP contribution in [-0.4, -0.2) is 15.3 Å². The van der Waals surface area contributed by atoms with E-state index in [9.17, 15) is 15.3 Å².